The van der Waals surface area contributed by atoms with Gasteiger partial charge in [-0.05, 0) is 45.8 Å². The van der Waals surface area contributed by atoms with E-state index in [1.807, 2.05) is 0 Å². The van der Waals surface area contributed by atoms with E-state index in [2.05, 4.69) is 30.4 Å². The Morgan fingerprint density at radius 2 is 1.83 bits per heavy atom. The number of halogens is 4. The number of benzene rings is 2. The van der Waals surface area contributed by atoms with Crippen LogP contribution in [0.5, 0.6) is 17.4 Å². The van der Waals surface area contributed by atoms with Crippen LogP contribution >= 0.6 is 15.9 Å². The molecule has 4 bridgehead atoms. The van der Waals surface area contributed by atoms with E-state index in [1.54, 1.807) is 0 Å². The number of hydrogen-bond donors (Lipinski definition) is 1. The van der Waals surface area contributed by atoms with Crippen molar-refractivity contribution >= 4 is 37.6 Å². The molecular weight excluding hydrogens is 573 g/mol. The number of ether oxygens (including phenoxy) is 4. The van der Waals surface area contributed by atoms with E-state index >= 15 is 0 Å². The molecule has 1 aromatic heterocycles. The van der Waals surface area contributed by atoms with Gasteiger partial charge < -0.3 is 18.9 Å². The van der Waals surface area contributed by atoms with E-state index in [9.17, 15) is 26.4 Å². The lowest BCUT2D eigenvalue weighted by Gasteiger charge is -2.18. The van der Waals surface area contributed by atoms with Gasteiger partial charge in [-0.1, -0.05) is 6.07 Å². The number of anilines is 1. The number of nitrogens with one attached hydrogen (secondary N) is 1. The average Bonchev–Trinajstić information content (AvgIpc) is 2.81. The fourth-order valence-corrected chi connectivity index (χ4v) is 5.50. The van der Waals surface area contributed by atoms with Crippen LogP contribution in [0.3, 0.4) is 0 Å². The van der Waals surface area contributed by atoms with Crippen molar-refractivity contribution in [3.05, 3.63) is 58.2 Å². The van der Waals surface area contributed by atoms with Gasteiger partial charge in [0.05, 0.1) is 29.9 Å². The summed E-state index contributed by atoms with van der Waals surface area (Å²) in [5, 5.41) is 0. The van der Waals surface area contributed by atoms with Crippen molar-refractivity contribution in [1.29, 1.82) is 0 Å². The quantitative estimate of drug-likeness (QED) is 0.430. The highest BCUT2D eigenvalue weighted by Crippen LogP contribution is 2.40. The summed E-state index contributed by atoms with van der Waals surface area (Å²) in [6.45, 7) is -0.275. The number of methoxy groups -OCH3 is 2. The maximum atomic E-state index is 13.3. The smallest absolute Gasteiger partial charge is 0.494 e. The third-order valence-corrected chi connectivity index (χ3v) is 6.99. The van der Waals surface area contributed by atoms with Gasteiger partial charge in [0.25, 0.3) is 10.0 Å². The second-order valence-electron chi connectivity index (χ2n) is 7.31. The zero-order chi connectivity index (χ0) is 26.3. The van der Waals surface area contributed by atoms with Gasteiger partial charge in [0.1, 0.15) is 11.5 Å². The van der Waals surface area contributed by atoms with Crippen molar-refractivity contribution < 1.29 is 45.3 Å². The lowest BCUT2D eigenvalue weighted by atomic mass is 10.0. The first-order valence-electron chi connectivity index (χ1n) is 9.92. The normalized spacial score (nSPS) is 14.7. The molecule has 1 aliphatic rings. The fourth-order valence-electron chi connectivity index (χ4n) is 3.47. The van der Waals surface area contributed by atoms with Crippen LogP contribution in [-0.4, -0.2) is 40.0 Å². The molecule has 4 rings (SSSR count). The first-order valence-corrected chi connectivity index (χ1v) is 12.2. The number of pyridine rings is 1. The van der Waals surface area contributed by atoms with Crippen LogP contribution < -0.4 is 18.9 Å². The predicted octanol–water partition coefficient (Wildman–Crippen LogP) is 4.90. The highest BCUT2D eigenvalue weighted by molar-refractivity contribution is 9.10. The second-order valence-corrected chi connectivity index (χ2v) is 9.82. The number of carbonyl (C=O) groups is 1. The van der Waals surface area contributed by atoms with Crippen LogP contribution in [0.2, 0.25) is 0 Å². The molecule has 2 aromatic carbocycles. The number of esters is 1. The van der Waals surface area contributed by atoms with E-state index in [4.69, 9.17) is 14.2 Å². The Morgan fingerprint density at radius 3 is 2.50 bits per heavy atom. The van der Waals surface area contributed by atoms with Gasteiger partial charge in [0.15, 0.2) is 11.5 Å². The molecule has 0 atom stereocenters. The number of hydrogen-bond acceptors (Lipinski definition) is 8. The summed E-state index contributed by atoms with van der Waals surface area (Å²) < 4.78 is 87.8. The summed E-state index contributed by atoms with van der Waals surface area (Å²) in [6, 6.07) is 7.17. The van der Waals surface area contributed by atoms with Crippen LogP contribution in [0, 0.1) is 0 Å². The Balaban J connectivity index is 2.00. The third kappa shape index (κ3) is 5.18. The number of alkyl halides is 3. The molecule has 0 aliphatic carbocycles. The standard InChI is InChI=1S/C22H16BrF3N2O7S/c1-32-19-8-13-10-34-21(29)12-5-15(23)20(33-2)18(7-12)36(30,31)28-16-6-11(14(13)9-27-19)3-4-17(16)35-22(24,25)26/h3-9,28H,10H2,1-2H3. The molecule has 0 unspecified atom stereocenters. The number of carbonyl (C=O) groups excluding carboxylic acids is 1. The molecule has 2 heterocycles. The molecular formula is C22H16BrF3N2O7S. The maximum absolute atomic E-state index is 13.3. The van der Waals surface area contributed by atoms with Crippen molar-refractivity contribution in [3.8, 4) is 28.5 Å². The molecule has 0 saturated heterocycles. The highest BCUT2D eigenvalue weighted by atomic mass is 79.9. The Labute approximate surface area is 211 Å². The van der Waals surface area contributed by atoms with Crippen LogP contribution in [0.15, 0.2) is 52.0 Å². The Hall–Kier alpha value is -3.52. The van der Waals surface area contributed by atoms with E-state index in [0.717, 1.165) is 18.2 Å². The molecule has 190 valence electrons. The number of cyclic esters (lactones) is 1. The van der Waals surface area contributed by atoms with Crippen LogP contribution in [-0.2, 0) is 21.4 Å². The minimum absolute atomic E-state index is 0.0986. The van der Waals surface area contributed by atoms with E-state index in [-0.39, 0.29) is 33.8 Å². The Bertz CT molecular complexity index is 1460. The molecule has 0 amide bonds. The van der Waals surface area contributed by atoms with Gasteiger partial charge in [-0.3, -0.25) is 4.72 Å². The van der Waals surface area contributed by atoms with Crippen molar-refractivity contribution in [3.63, 3.8) is 0 Å². The van der Waals surface area contributed by atoms with Gasteiger partial charge in [0.2, 0.25) is 5.88 Å². The van der Waals surface area contributed by atoms with Crippen molar-refractivity contribution in [2.24, 2.45) is 0 Å². The zero-order valence-corrected chi connectivity index (χ0v) is 20.9. The number of rotatable bonds is 3. The first kappa shape index (κ1) is 25.6. The minimum atomic E-state index is -5.10. The predicted molar refractivity (Wildman–Crippen MR) is 124 cm³/mol. The number of fused-ring (bicyclic) bond motifs is 6. The third-order valence-electron chi connectivity index (χ3n) is 5.03. The van der Waals surface area contributed by atoms with Crippen molar-refractivity contribution in [2.75, 3.05) is 18.9 Å². The lowest BCUT2D eigenvalue weighted by molar-refractivity contribution is -0.274. The van der Waals surface area contributed by atoms with Gasteiger partial charge in [0, 0.05) is 23.4 Å². The molecule has 0 fully saturated rings. The van der Waals surface area contributed by atoms with Crippen LogP contribution in [0.25, 0.3) is 11.1 Å². The van der Waals surface area contributed by atoms with Gasteiger partial charge in [-0.25, -0.2) is 18.2 Å². The average molecular weight is 589 g/mol. The molecule has 14 heteroatoms. The topological polar surface area (TPSA) is 113 Å². The Kier molecular flexibility index (Phi) is 6.75. The summed E-state index contributed by atoms with van der Waals surface area (Å²) in [5.74, 6) is -1.64. The monoisotopic (exact) mass is 588 g/mol. The summed E-state index contributed by atoms with van der Waals surface area (Å²) in [7, 11) is -2.03. The Morgan fingerprint density at radius 1 is 1.08 bits per heavy atom. The zero-order valence-electron chi connectivity index (χ0n) is 18.5. The lowest BCUT2D eigenvalue weighted by Crippen LogP contribution is -2.20. The van der Waals surface area contributed by atoms with E-state index in [0.29, 0.717) is 11.1 Å². The second kappa shape index (κ2) is 9.50. The summed E-state index contributed by atoms with van der Waals surface area (Å²) >= 11 is 3.16. The molecule has 9 nitrogen and oxygen atoms in total. The largest absolute Gasteiger partial charge is 0.573 e. The molecule has 0 saturated carbocycles. The van der Waals surface area contributed by atoms with Gasteiger partial charge in [-0.2, -0.15) is 0 Å². The number of aromatic nitrogens is 1. The highest BCUT2D eigenvalue weighted by Gasteiger charge is 2.34. The summed E-state index contributed by atoms with van der Waals surface area (Å²) in [4.78, 5) is 16.4. The van der Waals surface area contributed by atoms with Crippen molar-refractivity contribution in [1.82, 2.24) is 4.98 Å². The van der Waals surface area contributed by atoms with E-state index in [1.165, 1.54) is 38.6 Å². The first-order chi connectivity index (χ1) is 16.9. The number of nitrogens with zero attached hydrogens (tertiary/aromatic N) is 1. The van der Waals surface area contributed by atoms with E-state index < -0.39 is 38.7 Å². The maximum Gasteiger partial charge on any atom is 0.573 e. The van der Waals surface area contributed by atoms with Gasteiger partial charge >= 0.3 is 12.3 Å². The molecule has 0 spiro atoms. The van der Waals surface area contributed by atoms with Gasteiger partial charge in [-0.15, -0.1) is 13.2 Å². The number of sulfonamides is 1. The molecule has 0 radical (unpaired) electrons. The molecule has 1 N–H and O–H groups in total. The molecule has 3 aromatic rings. The minimum Gasteiger partial charge on any atom is -0.494 e. The summed E-state index contributed by atoms with van der Waals surface area (Å²) in [6.07, 6.45) is -3.74. The van der Waals surface area contributed by atoms with Crippen molar-refractivity contribution in [2.45, 2.75) is 17.9 Å². The SMILES string of the molecule is COc1cc2c(cn1)-c1ccc(OC(F)(F)F)c(c1)NS(=O)(=O)c1cc(cc(Br)c1OC)C(=O)OC2. The summed E-state index contributed by atoms with van der Waals surface area (Å²) in [5.41, 5.74) is 0.361. The van der Waals surface area contributed by atoms with Crippen LogP contribution in [0.4, 0.5) is 18.9 Å². The molecule has 1 aliphatic heterocycles. The fraction of sp³-hybridized carbons (Fsp3) is 0.182. The van der Waals surface area contributed by atoms with Crippen LogP contribution in [0.1, 0.15) is 15.9 Å². The molecule has 36 heavy (non-hydrogen) atoms.